The van der Waals surface area contributed by atoms with Crippen LogP contribution in [-0.4, -0.2) is 54.5 Å². The molecule has 1 saturated carbocycles. The fourth-order valence-electron chi connectivity index (χ4n) is 5.05. The van der Waals surface area contributed by atoms with Crippen LogP contribution in [0.4, 0.5) is 4.79 Å². The molecule has 0 unspecified atom stereocenters. The Morgan fingerprint density at radius 3 is 2.41 bits per heavy atom. The van der Waals surface area contributed by atoms with Crippen LogP contribution in [0.15, 0.2) is 54.6 Å². The van der Waals surface area contributed by atoms with Crippen LogP contribution < -0.4 is 10.1 Å². The number of hydrogen-bond acceptors (Lipinski definition) is 4. The Bertz CT molecular complexity index is 850. The van der Waals surface area contributed by atoms with E-state index in [0.717, 1.165) is 43.4 Å². The molecule has 0 aromatic heterocycles. The fraction of sp³-hybridized carbons (Fsp3) is 0.500. The highest BCUT2D eigenvalue weighted by atomic mass is 16.5. The molecule has 6 heteroatoms. The number of carbonyl (C=O) groups is 1. The maximum atomic E-state index is 11.8. The van der Waals surface area contributed by atoms with Gasteiger partial charge < -0.3 is 24.8 Å². The molecule has 0 radical (unpaired) electrons. The second kappa shape index (κ2) is 10.8. The molecule has 2 N–H and O–H groups in total. The lowest BCUT2D eigenvalue weighted by Gasteiger charge is -2.32. The maximum absolute atomic E-state index is 11.8. The lowest BCUT2D eigenvalue weighted by atomic mass is 9.83. The minimum Gasteiger partial charge on any atom is -0.497 e. The summed E-state index contributed by atoms with van der Waals surface area (Å²) >= 11 is 0. The molecule has 6 nitrogen and oxygen atoms in total. The molecule has 2 atom stereocenters. The van der Waals surface area contributed by atoms with Gasteiger partial charge in [0.1, 0.15) is 5.75 Å². The standard InChI is InChI=1S/C26H34N2O4/c1-31-22-11-7-19(8-12-22)17-27-24-15-16-28(26(29)30)25(24)18-32-23-13-9-21(10-14-23)20-5-3-2-4-6-20/h2-8,11-12,21,23-25,27H,9-10,13-18H2,1H3,(H,29,30)/t21?,23?,24-,25-/m0/s1. The largest absolute Gasteiger partial charge is 0.497 e. The molecule has 1 aliphatic heterocycles. The van der Waals surface area contributed by atoms with Crippen LogP contribution in [0, 0.1) is 0 Å². The number of hydrogen-bond donors (Lipinski definition) is 2. The Labute approximate surface area is 190 Å². The van der Waals surface area contributed by atoms with Crippen molar-refractivity contribution in [3.05, 3.63) is 65.7 Å². The first kappa shape index (κ1) is 22.6. The number of nitrogens with one attached hydrogen (secondary N) is 1. The number of likely N-dealkylation sites (tertiary alicyclic amines) is 1. The summed E-state index contributed by atoms with van der Waals surface area (Å²) in [7, 11) is 1.66. The molecule has 2 aromatic carbocycles. The van der Waals surface area contributed by atoms with Crippen molar-refractivity contribution in [1.82, 2.24) is 10.2 Å². The van der Waals surface area contributed by atoms with Crippen molar-refractivity contribution in [2.24, 2.45) is 0 Å². The van der Waals surface area contributed by atoms with E-state index in [0.29, 0.717) is 25.6 Å². The minimum absolute atomic E-state index is 0.0915. The highest BCUT2D eigenvalue weighted by Crippen LogP contribution is 2.34. The van der Waals surface area contributed by atoms with Gasteiger partial charge in [-0.15, -0.1) is 0 Å². The summed E-state index contributed by atoms with van der Waals surface area (Å²) in [6.45, 7) is 1.69. The summed E-state index contributed by atoms with van der Waals surface area (Å²) in [5.74, 6) is 1.44. The van der Waals surface area contributed by atoms with E-state index in [1.54, 1.807) is 12.0 Å². The lowest BCUT2D eigenvalue weighted by Crippen LogP contribution is -2.47. The van der Waals surface area contributed by atoms with Gasteiger partial charge in [-0.05, 0) is 61.3 Å². The predicted molar refractivity (Wildman–Crippen MR) is 124 cm³/mol. The van der Waals surface area contributed by atoms with Crippen molar-refractivity contribution in [3.63, 3.8) is 0 Å². The normalized spacial score (nSPS) is 25.6. The number of methoxy groups -OCH3 is 1. The van der Waals surface area contributed by atoms with Crippen molar-refractivity contribution in [3.8, 4) is 5.75 Å². The van der Waals surface area contributed by atoms with Crippen molar-refractivity contribution in [1.29, 1.82) is 0 Å². The Kier molecular flexibility index (Phi) is 7.66. The molecule has 1 aliphatic carbocycles. The maximum Gasteiger partial charge on any atom is 0.407 e. The molecular weight excluding hydrogens is 404 g/mol. The Balaban J connectivity index is 1.28. The summed E-state index contributed by atoms with van der Waals surface area (Å²) < 4.78 is 11.5. The van der Waals surface area contributed by atoms with Crippen LogP contribution in [-0.2, 0) is 11.3 Å². The van der Waals surface area contributed by atoms with Crippen LogP contribution in [0.5, 0.6) is 5.75 Å². The van der Waals surface area contributed by atoms with Gasteiger partial charge in [0.15, 0.2) is 0 Å². The molecule has 1 saturated heterocycles. The lowest BCUT2D eigenvalue weighted by molar-refractivity contribution is -0.00519. The highest BCUT2D eigenvalue weighted by molar-refractivity contribution is 5.66. The molecule has 4 rings (SSSR count). The molecule has 2 aromatic rings. The second-order valence-electron chi connectivity index (χ2n) is 8.89. The van der Waals surface area contributed by atoms with Crippen molar-refractivity contribution in [2.75, 3.05) is 20.3 Å². The highest BCUT2D eigenvalue weighted by Gasteiger charge is 2.37. The molecule has 1 heterocycles. The average Bonchev–Trinajstić information content (AvgIpc) is 3.26. The van der Waals surface area contributed by atoms with E-state index in [1.165, 1.54) is 5.56 Å². The van der Waals surface area contributed by atoms with E-state index in [2.05, 4.69) is 35.6 Å². The molecule has 0 spiro atoms. The number of carboxylic acid groups (broad SMARTS) is 1. The smallest absolute Gasteiger partial charge is 0.407 e. The zero-order valence-corrected chi connectivity index (χ0v) is 18.8. The zero-order chi connectivity index (χ0) is 22.3. The third-order valence-corrected chi connectivity index (χ3v) is 6.97. The van der Waals surface area contributed by atoms with E-state index in [4.69, 9.17) is 9.47 Å². The van der Waals surface area contributed by atoms with Gasteiger partial charge in [-0.1, -0.05) is 42.5 Å². The predicted octanol–water partition coefficient (Wildman–Crippen LogP) is 4.65. The third-order valence-electron chi connectivity index (χ3n) is 6.97. The van der Waals surface area contributed by atoms with Gasteiger partial charge in [-0.2, -0.15) is 0 Å². The number of nitrogens with zero attached hydrogens (tertiary/aromatic N) is 1. The van der Waals surface area contributed by atoms with Crippen LogP contribution in [0.3, 0.4) is 0 Å². The van der Waals surface area contributed by atoms with Crippen LogP contribution >= 0.6 is 0 Å². The van der Waals surface area contributed by atoms with Gasteiger partial charge >= 0.3 is 6.09 Å². The van der Waals surface area contributed by atoms with Crippen LogP contribution in [0.1, 0.15) is 49.1 Å². The number of ether oxygens (including phenoxy) is 2. The van der Waals surface area contributed by atoms with Gasteiger partial charge in [-0.25, -0.2) is 4.79 Å². The topological polar surface area (TPSA) is 71.0 Å². The summed E-state index contributed by atoms with van der Waals surface area (Å²) in [6.07, 6.45) is 4.47. The van der Waals surface area contributed by atoms with Gasteiger partial charge in [0.25, 0.3) is 0 Å². The van der Waals surface area contributed by atoms with E-state index >= 15 is 0 Å². The molecule has 32 heavy (non-hydrogen) atoms. The van der Waals surface area contributed by atoms with Gasteiger partial charge in [0, 0.05) is 19.1 Å². The van der Waals surface area contributed by atoms with E-state index in [1.807, 2.05) is 24.3 Å². The van der Waals surface area contributed by atoms with Crippen LogP contribution in [0.25, 0.3) is 0 Å². The average molecular weight is 439 g/mol. The second-order valence-corrected chi connectivity index (χ2v) is 8.89. The molecule has 2 fully saturated rings. The fourth-order valence-corrected chi connectivity index (χ4v) is 5.05. The van der Waals surface area contributed by atoms with E-state index < -0.39 is 6.09 Å². The summed E-state index contributed by atoms with van der Waals surface area (Å²) in [5.41, 5.74) is 2.57. The van der Waals surface area contributed by atoms with Crippen LogP contribution in [0.2, 0.25) is 0 Å². The summed E-state index contributed by atoms with van der Waals surface area (Å²) in [5, 5.41) is 13.2. The Morgan fingerprint density at radius 1 is 1.03 bits per heavy atom. The SMILES string of the molecule is COc1ccc(CN[C@H]2CCN(C(=O)O)[C@H]2COC2CCC(c3ccccc3)CC2)cc1. The Hall–Kier alpha value is -2.57. The van der Waals surface area contributed by atoms with E-state index in [-0.39, 0.29) is 18.2 Å². The van der Waals surface area contributed by atoms with Gasteiger partial charge in [-0.3, -0.25) is 0 Å². The molecule has 0 bridgehead atoms. The number of benzene rings is 2. The number of rotatable bonds is 8. The van der Waals surface area contributed by atoms with Crippen molar-refractivity contribution in [2.45, 2.75) is 62.8 Å². The van der Waals surface area contributed by atoms with Gasteiger partial charge in [0.05, 0.1) is 25.9 Å². The first-order valence-corrected chi connectivity index (χ1v) is 11.7. The minimum atomic E-state index is -0.861. The Morgan fingerprint density at radius 2 is 1.75 bits per heavy atom. The molecule has 1 amide bonds. The van der Waals surface area contributed by atoms with Crippen molar-refractivity contribution >= 4 is 6.09 Å². The zero-order valence-electron chi connectivity index (χ0n) is 18.8. The summed E-state index contributed by atoms with van der Waals surface area (Å²) in [6, 6.07) is 18.6. The molecule has 2 aliphatic rings. The molecule has 172 valence electrons. The van der Waals surface area contributed by atoms with Gasteiger partial charge in [0.2, 0.25) is 0 Å². The number of amides is 1. The monoisotopic (exact) mass is 438 g/mol. The first-order chi connectivity index (χ1) is 15.6. The van der Waals surface area contributed by atoms with Crippen molar-refractivity contribution < 1.29 is 19.4 Å². The quantitative estimate of drug-likeness (QED) is 0.628. The third kappa shape index (κ3) is 5.61. The summed E-state index contributed by atoms with van der Waals surface area (Å²) in [4.78, 5) is 13.3. The first-order valence-electron chi connectivity index (χ1n) is 11.7. The van der Waals surface area contributed by atoms with E-state index in [9.17, 15) is 9.90 Å². The molecular formula is C26H34N2O4.